The molecule has 11 heteroatoms. The van der Waals surface area contributed by atoms with Gasteiger partial charge in [-0.1, -0.05) is 31.9 Å². The van der Waals surface area contributed by atoms with E-state index in [0.717, 1.165) is 28.1 Å². The van der Waals surface area contributed by atoms with E-state index in [1.54, 1.807) is 0 Å². The van der Waals surface area contributed by atoms with Crippen LogP contribution in [0.15, 0.2) is 18.2 Å². The van der Waals surface area contributed by atoms with Gasteiger partial charge in [-0.15, -0.1) is 0 Å². The van der Waals surface area contributed by atoms with Crippen molar-refractivity contribution in [1.82, 2.24) is 15.3 Å². The number of fused-ring (bicyclic) bond motifs is 1. The first-order chi connectivity index (χ1) is 16.7. The van der Waals surface area contributed by atoms with Crippen LogP contribution >= 0.6 is 31.9 Å². The normalized spacial score (nSPS) is 11.1. The molecule has 0 saturated heterocycles. The Morgan fingerprint density at radius 3 is 1.97 bits per heavy atom. The Balaban J connectivity index is 1.45. The topological polar surface area (TPSA) is 104 Å². The summed E-state index contributed by atoms with van der Waals surface area (Å²) in [5.74, 6) is 0.00591. The van der Waals surface area contributed by atoms with Crippen LogP contribution in [0.4, 0.5) is 5.69 Å². The van der Waals surface area contributed by atoms with Gasteiger partial charge in [0.15, 0.2) is 0 Å². The summed E-state index contributed by atoms with van der Waals surface area (Å²) >= 11 is 6.94. The summed E-state index contributed by atoms with van der Waals surface area (Å²) in [6, 6.07) is 5.98. The summed E-state index contributed by atoms with van der Waals surface area (Å²) in [7, 11) is 0. The molecule has 1 amide bonds. The molecule has 1 heterocycles. The molecule has 0 bridgehead atoms. The first-order valence-corrected chi connectivity index (χ1v) is 13.6. The highest BCUT2D eigenvalue weighted by atomic mass is 79.9. The van der Waals surface area contributed by atoms with Gasteiger partial charge in [0.05, 0.1) is 75.3 Å². The molecule has 0 spiro atoms. The Morgan fingerprint density at radius 1 is 0.824 bits per heavy atom. The van der Waals surface area contributed by atoms with Gasteiger partial charge in [0, 0.05) is 35.9 Å². The minimum absolute atomic E-state index is 0.00591. The van der Waals surface area contributed by atoms with E-state index in [0.29, 0.717) is 83.0 Å². The van der Waals surface area contributed by atoms with Crippen molar-refractivity contribution in [3.8, 4) is 0 Å². The van der Waals surface area contributed by atoms with Crippen molar-refractivity contribution in [2.24, 2.45) is 0 Å². The maximum absolute atomic E-state index is 11.2. The second-order valence-electron chi connectivity index (χ2n) is 7.17. The average molecular weight is 606 g/mol. The second-order valence-corrected chi connectivity index (χ2v) is 8.29. The molecule has 1 aromatic heterocycles. The van der Waals surface area contributed by atoms with Gasteiger partial charge in [-0.2, -0.15) is 0 Å². The Kier molecular flexibility index (Phi) is 15.3. The van der Waals surface area contributed by atoms with Crippen molar-refractivity contribution in [2.75, 3.05) is 71.3 Å². The maximum atomic E-state index is 11.2. The third-order valence-electron chi connectivity index (χ3n) is 4.61. The summed E-state index contributed by atoms with van der Waals surface area (Å²) in [4.78, 5) is 20.6. The molecule has 0 radical (unpaired) electrons. The standard InChI is InChI=1S/C23H34Br2N4O5/c1-2-26-23(30)5-7-31-9-11-33-13-14-34-12-10-32-8-6-27-18-3-4-19-20(15-18)29-22(17-25)21(16-24)28-19/h3-4,15,27H,2,5-14,16-17H2,1H3,(H,26,30). The van der Waals surface area contributed by atoms with Crippen LogP contribution in [0, 0.1) is 0 Å². The number of carbonyl (C=O) groups is 1. The van der Waals surface area contributed by atoms with E-state index in [4.69, 9.17) is 23.9 Å². The molecule has 1 aromatic carbocycles. The van der Waals surface area contributed by atoms with Crippen molar-refractivity contribution in [3.05, 3.63) is 29.6 Å². The molecule has 0 aliphatic heterocycles. The van der Waals surface area contributed by atoms with Crippen molar-refractivity contribution >= 4 is 54.5 Å². The third-order valence-corrected chi connectivity index (χ3v) is 5.67. The smallest absolute Gasteiger partial charge is 0.222 e. The summed E-state index contributed by atoms with van der Waals surface area (Å²) < 4.78 is 21.9. The Morgan fingerprint density at radius 2 is 1.38 bits per heavy atom. The van der Waals surface area contributed by atoms with E-state index in [2.05, 4.69) is 47.5 Å². The molecule has 2 N–H and O–H groups in total. The molecular formula is C23H34Br2N4O5. The minimum Gasteiger partial charge on any atom is -0.383 e. The largest absolute Gasteiger partial charge is 0.383 e. The lowest BCUT2D eigenvalue weighted by molar-refractivity contribution is -0.122. The number of carbonyl (C=O) groups excluding carboxylic acids is 1. The van der Waals surface area contributed by atoms with E-state index in [9.17, 15) is 4.79 Å². The second kappa shape index (κ2) is 18.0. The Labute approximate surface area is 217 Å². The van der Waals surface area contributed by atoms with Gasteiger partial charge in [-0.05, 0) is 25.1 Å². The molecule has 0 saturated carbocycles. The predicted octanol–water partition coefficient (Wildman–Crippen LogP) is 3.42. The lowest BCUT2D eigenvalue weighted by Gasteiger charge is -2.10. The number of halogens is 2. The van der Waals surface area contributed by atoms with Crippen LogP contribution in [-0.4, -0.2) is 81.8 Å². The highest BCUT2D eigenvalue weighted by Gasteiger charge is 2.07. The maximum Gasteiger partial charge on any atom is 0.222 e. The molecule has 9 nitrogen and oxygen atoms in total. The number of hydrogen-bond donors (Lipinski definition) is 2. The summed E-state index contributed by atoms with van der Waals surface area (Å²) in [6.07, 6.45) is 0.375. The molecule has 2 rings (SSSR count). The summed E-state index contributed by atoms with van der Waals surface area (Å²) in [6.45, 7) is 7.20. The minimum atomic E-state index is 0.00591. The van der Waals surface area contributed by atoms with E-state index in [-0.39, 0.29) is 5.91 Å². The summed E-state index contributed by atoms with van der Waals surface area (Å²) in [5, 5.41) is 7.43. The Hall–Kier alpha value is -1.37. The van der Waals surface area contributed by atoms with Gasteiger partial charge in [-0.3, -0.25) is 4.79 Å². The van der Waals surface area contributed by atoms with E-state index >= 15 is 0 Å². The number of nitrogens with one attached hydrogen (secondary N) is 2. The van der Waals surface area contributed by atoms with Crippen molar-refractivity contribution < 1.29 is 23.7 Å². The van der Waals surface area contributed by atoms with E-state index in [1.165, 1.54) is 0 Å². The number of benzene rings is 1. The molecule has 190 valence electrons. The zero-order valence-electron chi connectivity index (χ0n) is 19.6. The molecule has 34 heavy (non-hydrogen) atoms. The van der Waals surface area contributed by atoms with Crippen molar-refractivity contribution in [3.63, 3.8) is 0 Å². The number of ether oxygens (including phenoxy) is 4. The zero-order valence-corrected chi connectivity index (χ0v) is 22.8. The van der Waals surface area contributed by atoms with Crippen LogP contribution in [0.3, 0.4) is 0 Å². The Bertz CT molecular complexity index is 859. The molecule has 0 unspecified atom stereocenters. The first-order valence-electron chi connectivity index (χ1n) is 11.4. The zero-order chi connectivity index (χ0) is 24.4. The van der Waals surface area contributed by atoms with Crippen LogP contribution in [-0.2, 0) is 34.4 Å². The van der Waals surface area contributed by atoms with Crippen LogP contribution in [0.2, 0.25) is 0 Å². The average Bonchev–Trinajstić information content (AvgIpc) is 2.85. The quantitative estimate of drug-likeness (QED) is 0.185. The van der Waals surface area contributed by atoms with Gasteiger partial charge in [0.25, 0.3) is 0 Å². The van der Waals surface area contributed by atoms with Gasteiger partial charge < -0.3 is 29.6 Å². The lowest BCUT2D eigenvalue weighted by Crippen LogP contribution is -2.24. The fourth-order valence-electron chi connectivity index (χ4n) is 2.93. The summed E-state index contributed by atoms with van der Waals surface area (Å²) in [5.41, 5.74) is 4.62. The molecule has 0 aliphatic rings. The van der Waals surface area contributed by atoms with E-state index in [1.807, 2.05) is 25.1 Å². The first kappa shape index (κ1) is 28.9. The van der Waals surface area contributed by atoms with Gasteiger partial charge >= 0.3 is 0 Å². The molecule has 0 aliphatic carbocycles. The van der Waals surface area contributed by atoms with Crippen molar-refractivity contribution in [2.45, 2.75) is 24.0 Å². The third kappa shape index (κ3) is 11.4. The number of rotatable bonds is 19. The number of amides is 1. The molecule has 0 fully saturated rings. The molecule has 0 atom stereocenters. The number of aromatic nitrogens is 2. The van der Waals surface area contributed by atoms with Gasteiger partial charge in [0.2, 0.25) is 5.91 Å². The fourth-order valence-corrected chi connectivity index (χ4v) is 3.83. The monoisotopic (exact) mass is 604 g/mol. The van der Waals surface area contributed by atoms with E-state index < -0.39 is 0 Å². The van der Waals surface area contributed by atoms with Gasteiger partial charge in [-0.25, -0.2) is 9.97 Å². The fraction of sp³-hybridized carbons (Fsp3) is 0.609. The SMILES string of the molecule is CCNC(=O)CCOCCOCCOCCOCCNc1ccc2nc(CBr)c(CBr)nc2c1. The number of alkyl halides is 2. The number of hydrogen-bond acceptors (Lipinski definition) is 8. The number of anilines is 1. The van der Waals surface area contributed by atoms with Crippen molar-refractivity contribution in [1.29, 1.82) is 0 Å². The van der Waals surface area contributed by atoms with Crippen LogP contribution in [0.5, 0.6) is 0 Å². The number of nitrogens with zero attached hydrogens (tertiary/aromatic N) is 2. The predicted molar refractivity (Wildman–Crippen MR) is 140 cm³/mol. The van der Waals surface area contributed by atoms with Crippen LogP contribution in [0.25, 0.3) is 11.0 Å². The van der Waals surface area contributed by atoms with Gasteiger partial charge in [0.1, 0.15) is 0 Å². The molecule has 2 aromatic rings. The highest BCUT2D eigenvalue weighted by molar-refractivity contribution is 9.09. The highest BCUT2D eigenvalue weighted by Crippen LogP contribution is 2.20. The van der Waals surface area contributed by atoms with Crippen LogP contribution < -0.4 is 10.6 Å². The molecular weight excluding hydrogens is 572 g/mol. The van der Waals surface area contributed by atoms with Crippen LogP contribution in [0.1, 0.15) is 24.7 Å². The lowest BCUT2D eigenvalue weighted by atomic mass is 10.2.